The van der Waals surface area contributed by atoms with Gasteiger partial charge in [-0.05, 0) is 18.2 Å². The highest BCUT2D eigenvalue weighted by Gasteiger charge is 2.22. The summed E-state index contributed by atoms with van der Waals surface area (Å²) in [6.07, 6.45) is 0. The Bertz CT molecular complexity index is 777. The summed E-state index contributed by atoms with van der Waals surface area (Å²) in [7, 11) is 1.68. The molecule has 2 aromatic rings. The number of carbonyl (C=O) groups excluding carboxylic acids is 1. The zero-order chi connectivity index (χ0) is 18.5. The average molecular weight is 394 g/mol. The molecule has 2 amide bonds. The summed E-state index contributed by atoms with van der Waals surface area (Å²) in [5.41, 5.74) is 1.68. The largest absolute Gasteiger partial charge is 0.496 e. The molecule has 0 radical (unpaired) electrons. The van der Waals surface area contributed by atoms with E-state index in [0.717, 1.165) is 30.9 Å². The molecule has 5 nitrogen and oxygen atoms in total. The van der Waals surface area contributed by atoms with Gasteiger partial charge in [0.2, 0.25) is 0 Å². The number of amides is 2. The third-order valence-electron chi connectivity index (χ3n) is 4.44. The van der Waals surface area contributed by atoms with Crippen LogP contribution in [0.3, 0.4) is 0 Å². The van der Waals surface area contributed by atoms with Gasteiger partial charge in [-0.2, -0.15) is 0 Å². The quantitative estimate of drug-likeness (QED) is 0.839. The summed E-state index contributed by atoms with van der Waals surface area (Å²) in [5.74, 6) is 0.892. The monoisotopic (exact) mass is 393 g/mol. The third-order valence-corrected chi connectivity index (χ3v) is 5.26. The second kappa shape index (κ2) is 8.62. The lowest BCUT2D eigenvalue weighted by atomic mass is 10.1. The smallest absolute Gasteiger partial charge is 0.321 e. The maximum atomic E-state index is 12.5. The fourth-order valence-electron chi connectivity index (χ4n) is 2.98. The summed E-state index contributed by atoms with van der Waals surface area (Å²) in [4.78, 5) is 16.6. The van der Waals surface area contributed by atoms with Crippen molar-refractivity contribution in [3.05, 3.63) is 58.1 Å². The molecule has 1 aliphatic heterocycles. The van der Waals surface area contributed by atoms with E-state index in [-0.39, 0.29) is 6.03 Å². The van der Waals surface area contributed by atoms with Crippen molar-refractivity contribution in [1.82, 2.24) is 9.80 Å². The molecule has 1 fully saturated rings. The van der Waals surface area contributed by atoms with E-state index in [1.807, 2.05) is 18.2 Å². The molecule has 138 valence electrons. The van der Waals surface area contributed by atoms with Crippen molar-refractivity contribution in [1.29, 1.82) is 0 Å². The highest BCUT2D eigenvalue weighted by Crippen LogP contribution is 2.29. The molecule has 0 bridgehead atoms. The SMILES string of the molecule is COc1ccccc1CN1CCN(C(=O)Nc2cccc(Cl)c2Cl)CC1. The average Bonchev–Trinajstić information content (AvgIpc) is 2.66. The van der Waals surface area contributed by atoms with Crippen LogP contribution in [-0.2, 0) is 6.54 Å². The number of urea groups is 1. The lowest BCUT2D eigenvalue weighted by molar-refractivity contribution is 0.142. The Morgan fingerprint density at radius 2 is 1.81 bits per heavy atom. The van der Waals surface area contributed by atoms with E-state index in [4.69, 9.17) is 27.9 Å². The Labute approximate surface area is 163 Å². The molecule has 26 heavy (non-hydrogen) atoms. The van der Waals surface area contributed by atoms with Gasteiger partial charge >= 0.3 is 6.03 Å². The van der Waals surface area contributed by atoms with Crippen LogP contribution in [-0.4, -0.2) is 49.1 Å². The summed E-state index contributed by atoms with van der Waals surface area (Å²) in [6, 6.07) is 13.0. The molecule has 0 aromatic heterocycles. The lowest BCUT2D eigenvalue weighted by Gasteiger charge is -2.35. The number of para-hydroxylation sites is 1. The summed E-state index contributed by atoms with van der Waals surface area (Å²) in [5, 5.41) is 3.62. The lowest BCUT2D eigenvalue weighted by Crippen LogP contribution is -2.49. The fourth-order valence-corrected chi connectivity index (χ4v) is 3.33. The Hall–Kier alpha value is -1.95. The van der Waals surface area contributed by atoms with E-state index in [1.165, 1.54) is 0 Å². The number of benzene rings is 2. The van der Waals surface area contributed by atoms with Crippen LogP contribution in [0, 0.1) is 0 Å². The highest BCUT2D eigenvalue weighted by molar-refractivity contribution is 6.43. The Kier molecular flexibility index (Phi) is 6.25. The molecule has 2 aromatic carbocycles. The number of anilines is 1. The van der Waals surface area contributed by atoms with Crippen molar-refractivity contribution in [3.63, 3.8) is 0 Å². The Morgan fingerprint density at radius 1 is 1.08 bits per heavy atom. The topological polar surface area (TPSA) is 44.8 Å². The molecular weight excluding hydrogens is 373 g/mol. The number of nitrogens with one attached hydrogen (secondary N) is 1. The number of nitrogens with zero attached hydrogens (tertiary/aromatic N) is 2. The molecule has 0 atom stereocenters. The number of hydrogen-bond acceptors (Lipinski definition) is 3. The van der Waals surface area contributed by atoms with Gasteiger partial charge in [-0.3, -0.25) is 4.90 Å². The maximum absolute atomic E-state index is 12.5. The maximum Gasteiger partial charge on any atom is 0.321 e. The van der Waals surface area contributed by atoms with E-state index in [0.29, 0.717) is 28.8 Å². The molecule has 0 aliphatic carbocycles. The van der Waals surface area contributed by atoms with Gasteiger partial charge in [0.15, 0.2) is 0 Å². The van der Waals surface area contributed by atoms with E-state index < -0.39 is 0 Å². The summed E-state index contributed by atoms with van der Waals surface area (Å²) in [6.45, 7) is 3.71. The van der Waals surface area contributed by atoms with E-state index >= 15 is 0 Å². The van der Waals surface area contributed by atoms with Crippen LogP contribution in [0.5, 0.6) is 5.75 Å². The zero-order valence-electron chi connectivity index (χ0n) is 14.5. The molecular formula is C19H21Cl2N3O2. The van der Waals surface area contributed by atoms with Gasteiger partial charge < -0.3 is 15.0 Å². The number of hydrogen-bond donors (Lipinski definition) is 1. The molecule has 0 unspecified atom stereocenters. The zero-order valence-corrected chi connectivity index (χ0v) is 16.1. The third kappa shape index (κ3) is 4.41. The van der Waals surface area contributed by atoms with Crippen LogP contribution < -0.4 is 10.1 Å². The second-order valence-electron chi connectivity index (χ2n) is 6.11. The van der Waals surface area contributed by atoms with Gasteiger partial charge in [0, 0.05) is 38.3 Å². The first-order valence-electron chi connectivity index (χ1n) is 8.42. The second-order valence-corrected chi connectivity index (χ2v) is 6.89. The van der Waals surface area contributed by atoms with Crippen LogP contribution in [0.4, 0.5) is 10.5 Å². The Morgan fingerprint density at radius 3 is 2.54 bits per heavy atom. The predicted octanol–water partition coefficient (Wildman–Crippen LogP) is 4.35. The van der Waals surface area contributed by atoms with Crippen molar-refractivity contribution >= 4 is 34.9 Å². The highest BCUT2D eigenvalue weighted by atomic mass is 35.5. The van der Waals surface area contributed by atoms with Crippen LogP contribution in [0.1, 0.15) is 5.56 Å². The van der Waals surface area contributed by atoms with Gasteiger partial charge in [0.25, 0.3) is 0 Å². The van der Waals surface area contributed by atoms with E-state index in [9.17, 15) is 4.79 Å². The van der Waals surface area contributed by atoms with Crippen molar-refractivity contribution < 1.29 is 9.53 Å². The first-order valence-corrected chi connectivity index (χ1v) is 9.18. The van der Waals surface area contributed by atoms with Gasteiger partial charge in [-0.1, -0.05) is 47.5 Å². The minimum absolute atomic E-state index is 0.161. The van der Waals surface area contributed by atoms with Gasteiger partial charge in [0.1, 0.15) is 5.75 Å². The number of piperazine rings is 1. The molecule has 0 saturated carbocycles. The normalized spacial score (nSPS) is 15.0. The first kappa shape index (κ1) is 18.8. The standard InChI is InChI=1S/C19H21Cl2N3O2/c1-26-17-8-3-2-5-14(17)13-23-9-11-24(12-10-23)19(25)22-16-7-4-6-15(20)18(16)21/h2-8H,9-13H2,1H3,(H,22,25). The number of carbonyl (C=O) groups is 1. The van der Waals surface area contributed by atoms with Gasteiger partial charge in [-0.25, -0.2) is 4.79 Å². The molecule has 1 heterocycles. The van der Waals surface area contributed by atoms with Gasteiger partial charge in [-0.15, -0.1) is 0 Å². The van der Waals surface area contributed by atoms with Crippen LogP contribution in [0.15, 0.2) is 42.5 Å². The molecule has 0 spiro atoms. The van der Waals surface area contributed by atoms with Crippen LogP contribution >= 0.6 is 23.2 Å². The van der Waals surface area contributed by atoms with Crippen molar-refractivity contribution in [2.75, 3.05) is 38.6 Å². The molecule has 1 saturated heterocycles. The van der Waals surface area contributed by atoms with E-state index in [1.54, 1.807) is 30.2 Å². The van der Waals surface area contributed by atoms with Crippen molar-refractivity contribution in [2.24, 2.45) is 0 Å². The summed E-state index contributed by atoms with van der Waals surface area (Å²) >= 11 is 12.1. The molecule has 1 aliphatic rings. The minimum atomic E-state index is -0.161. The molecule has 7 heteroatoms. The summed E-state index contributed by atoms with van der Waals surface area (Å²) < 4.78 is 5.41. The van der Waals surface area contributed by atoms with Crippen LogP contribution in [0.25, 0.3) is 0 Å². The number of ether oxygens (including phenoxy) is 1. The molecule has 1 N–H and O–H groups in total. The fraction of sp³-hybridized carbons (Fsp3) is 0.316. The Balaban J connectivity index is 1.55. The predicted molar refractivity (Wildman–Crippen MR) is 105 cm³/mol. The van der Waals surface area contributed by atoms with E-state index in [2.05, 4.69) is 16.3 Å². The van der Waals surface area contributed by atoms with Crippen molar-refractivity contribution in [2.45, 2.75) is 6.54 Å². The number of rotatable bonds is 4. The van der Waals surface area contributed by atoms with Crippen LogP contribution in [0.2, 0.25) is 10.0 Å². The molecule has 3 rings (SSSR count). The number of methoxy groups -OCH3 is 1. The number of halogens is 2. The van der Waals surface area contributed by atoms with Gasteiger partial charge in [0.05, 0.1) is 22.8 Å². The van der Waals surface area contributed by atoms with Crippen molar-refractivity contribution in [3.8, 4) is 5.75 Å². The first-order chi connectivity index (χ1) is 12.6. The minimum Gasteiger partial charge on any atom is -0.496 e.